The number of benzene rings is 5. The van der Waals surface area contributed by atoms with Crippen LogP contribution < -0.4 is 4.74 Å². The standard InChI is InChI=1S/C9H7N.C9H8.C8H9N.2C8H7N.C7H7NO.C7H5NO.C6H5N3.C6H4N2O.C2H2N2S.10C2H6/c1-2-6-9-8(4-1)5-3-7-10-9;1-2-5-9-7-3-6-8(9)4-1;1-3-7-4-2-6-9-8(7)5-1;2*1-2-4-8-7(3-1)5-6-9-8;1-3-8-5-7-6(1)2-4-9-7;1-2-4-7-6(3-1)8-5-9-7;1-2-5-6(7-3-1)4-8-9-5;1-2-9-6-5(1)3-7-4-8-6;1-3-2-5-4-1;10*1-2/h1-7H;1-6H,7H2;2,4,6H,1,3,5H2;2*1-4,6H,5H2;1,3,5H,2,4H2;1-5H;1-3H,4H2;1-4H;1-2H;10*1-2H3. The van der Waals surface area contributed by atoms with E-state index in [1.807, 2.05) is 279 Å². The van der Waals surface area contributed by atoms with Gasteiger partial charge in [0.05, 0.1) is 47.0 Å². The summed E-state index contributed by atoms with van der Waals surface area (Å²) < 4.78 is 18.9. The number of oxazole rings is 1. The fourth-order valence-electron chi connectivity index (χ4n) is 9.18. The zero-order valence-corrected chi connectivity index (χ0v) is 68.5. The molecular weight excluding hydrogens is 1340 g/mol. The fraction of sp³-hybridized carbons (Fsp3) is 0.322. The first kappa shape index (κ1) is 96.1. The van der Waals surface area contributed by atoms with E-state index >= 15 is 0 Å². The number of ether oxygens (including phenoxy) is 1. The van der Waals surface area contributed by atoms with E-state index in [0.29, 0.717) is 12.3 Å². The highest BCUT2D eigenvalue weighted by Gasteiger charge is 2.11. The van der Waals surface area contributed by atoms with E-state index in [1.54, 1.807) is 36.6 Å². The van der Waals surface area contributed by atoms with Crippen molar-refractivity contribution in [3.05, 3.63) is 289 Å². The monoisotopic (exact) mass is 1460 g/mol. The number of azo groups is 1. The summed E-state index contributed by atoms with van der Waals surface area (Å²) in [5.41, 5.74) is 18.9. The van der Waals surface area contributed by atoms with Crippen LogP contribution in [0.25, 0.3) is 39.2 Å². The lowest BCUT2D eigenvalue weighted by Crippen LogP contribution is -1.85. The molecule has 17 heteroatoms. The summed E-state index contributed by atoms with van der Waals surface area (Å²) in [6, 6.07) is 56.5. The van der Waals surface area contributed by atoms with Crippen LogP contribution in [0.5, 0.6) is 5.75 Å². The zero-order valence-electron chi connectivity index (χ0n) is 67.6. The second-order valence-electron chi connectivity index (χ2n) is 19.3. The molecule has 0 unspecified atom stereocenters. The van der Waals surface area contributed by atoms with Gasteiger partial charge in [-0.3, -0.25) is 29.9 Å². The minimum atomic E-state index is 0.644. The van der Waals surface area contributed by atoms with Crippen LogP contribution in [0.3, 0.4) is 0 Å². The van der Waals surface area contributed by atoms with Crippen molar-refractivity contribution >= 4 is 80.2 Å². The molecule has 107 heavy (non-hydrogen) atoms. The van der Waals surface area contributed by atoms with E-state index < -0.39 is 0 Å². The molecule has 570 valence electrons. The third-order valence-electron chi connectivity index (χ3n) is 13.5. The molecule has 0 bridgehead atoms. The quantitative estimate of drug-likeness (QED) is 0.139. The molecule has 0 saturated carbocycles. The number of furan rings is 1. The number of aliphatic imine (C=N–C) groups is 2. The topological polar surface area (TPSA) is 201 Å². The molecule has 4 aliphatic heterocycles. The number of rotatable bonds is 0. The molecule has 0 amide bonds. The van der Waals surface area contributed by atoms with E-state index in [1.165, 1.54) is 94.3 Å². The largest absolute Gasteiger partial charge is 0.491 e. The van der Waals surface area contributed by atoms with E-state index in [4.69, 9.17) is 13.6 Å². The van der Waals surface area contributed by atoms with E-state index in [2.05, 4.69) is 131 Å². The molecular formula is C90H121N13O3S. The van der Waals surface area contributed by atoms with Gasteiger partial charge >= 0.3 is 0 Å². The lowest BCUT2D eigenvalue weighted by atomic mass is 10.1. The Kier molecular flexibility index (Phi) is 60.2. The van der Waals surface area contributed by atoms with Crippen LogP contribution in [-0.4, -0.2) is 63.3 Å². The third-order valence-corrected chi connectivity index (χ3v) is 14.0. The van der Waals surface area contributed by atoms with Crippen molar-refractivity contribution in [3.63, 3.8) is 0 Å². The minimum Gasteiger partial charge on any atom is -0.491 e. The van der Waals surface area contributed by atoms with Gasteiger partial charge in [0.25, 0.3) is 0 Å². The van der Waals surface area contributed by atoms with Crippen LogP contribution in [0.15, 0.2) is 273 Å². The molecule has 19 rings (SSSR count). The number of hydrogen-bond acceptors (Lipinski definition) is 17. The highest BCUT2D eigenvalue weighted by molar-refractivity contribution is 7.03. The number of fused-ring (bicyclic) bond motifs is 9. The Balaban J connectivity index is 0.00000114. The van der Waals surface area contributed by atoms with Crippen LogP contribution >= 0.6 is 11.5 Å². The van der Waals surface area contributed by atoms with Crippen molar-refractivity contribution in [1.29, 1.82) is 0 Å². The van der Waals surface area contributed by atoms with Crippen molar-refractivity contribution in [2.75, 3.05) is 6.61 Å². The maximum Gasteiger partial charge on any atom is 0.228 e. The molecule has 0 fully saturated rings. The molecule has 0 saturated heterocycles. The average molecular weight is 1470 g/mol. The Labute approximate surface area is 645 Å². The van der Waals surface area contributed by atoms with Gasteiger partial charge in [-0.2, -0.15) is 14.6 Å². The summed E-state index contributed by atoms with van der Waals surface area (Å²) in [6.07, 6.45) is 32.9. The normalized spacial score (nSPS) is 10.8. The molecule has 2 aliphatic carbocycles. The predicted molar refractivity (Wildman–Crippen MR) is 459 cm³/mol. The Morgan fingerprint density at radius 1 is 0.393 bits per heavy atom. The Morgan fingerprint density at radius 3 is 1.55 bits per heavy atom. The maximum atomic E-state index is 5.24. The molecule has 6 aliphatic rings. The van der Waals surface area contributed by atoms with Crippen molar-refractivity contribution < 1.29 is 13.6 Å². The van der Waals surface area contributed by atoms with Gasteiger partial charge in [-0.15, -0.1) is 0 Å². The van der Waals surface area contributed by atoms with Crippen molar-refractivity contribution in [2.45, 2.75) is 190 Å². The molecule has 0 N–H and O–H groups in total. The summed E-state index contributed by atoms with van der Waals surface area (Å²) in [5, 5.41) is 9.82. The summed E-state index contributed by atoms with van der Waals surface area (Å²) in [6.45, 7) is 41.5. The number of allylic oxidation sites excluding steroid dienone is 1. The van der Waals surface area contributed by atoms with Gasteiger partial charge in [0.1, 0.15) is 41.7 Å². The third kappa shape index (κ3) is 37.6. The lowest BCUT2D eigenvalue weighted by Gasteiger charge is -1.93. The van der Waals surface area contributed by atoms with Crippen molar-refractivity contribution in [3.8, 4) is 5.75 Å². The number of hydrogen-bond donors (Lipinski definition) is 0. The van der Waals surface area contributed by atoms with Gasteiger partial charge in [-0.25, -0.2) is 19.9 Å². The van der Waals surface area contributed by atoms with Gasteiger partial charge in [0.2, 0.25) is 5.71 Å². The van der Waals surface area contributed by atoms with Crippen LogP contribution in [-0.2, 0) is 45.1 Å². The minimum absolute atomic E-state index is 0.644. The molecule has 5 aromatic carbocycles. The molecule has 12 heterocycles. The predicted octanol–water partition coefficient (Wildman–Crippen LogP) is 26.5. The van der Waals surface area contributed by atoms with Crippen LogP contribution in [0.1, 0.15) is 190 Å². The highest BCUT2D eigenvalue weighted by atomic mass is 32.1. The van der Waals surface area contributed by atoms with E-state index in [9.17, 15) is 0 Å². The highest BCUT2D eigenvalue weighted by Crippen LogP contribution is 2.26. The van der Waals surface area contributed by atoms with Crippen LogP contribution in [0, 0.1) is 0 Å². The number of para-hydroxylation sites is 5. The molecule has 0 spiro atoms. The van der Waals surface area contributed by atoms with Crippen molar-refractivity contribution in [1.82, 2.24) is 44.2 Å². The number of pyridine rings is 4. The Bertz CT molecular complexity index is 3770. The summed E-state index contributed by atoms with van der Waals surface area (Å²) >= 11 is 1.35. The van der Waals surface area contributed by atoms with Gasteiger partial charge < -0.3 is 13.6 Å². The number of aromatic nitrogens is 9. The number of nitrogens with zero attached hydrogens (tertiary/aromatic N) is 13. The Morgan fingerprint density at radius 2 is 0.963 bits per heavy atom. The van der Waals surface area contributed by atoms with Crippen LogP contribution in [0.4, 0.5) is 17.1 Å². The van der Waals surface area contributed by atoms with Gasteiger partial charge in [0.15, 0.2) is 12.0 Å². The molecule has 16 nitrogen and oxygen atoms in total. The second kappa shape index (κ2) is 67.0. The molecule has 8 aromatic heterocycles. The van der Waals surface area contributed by atoms with Crippen molar-refractivity contribution in [2.24, 2.45) is 20.2 Å². The Hall–Kier alpha value is -10.9. The van der Waals surface area contributed by atoms with Gasteiger partial charge in [-0.05, 0) is 132 Å². The fourth-order valence-corrected chi connectivity index (χ4v) is 9.45. The smallest absolute Gasteiger partial charge is 0.228 e. The molecule has 13 aromatic rings. The SMILES string of the molecule is C1=Cc2ccccc2C1.C1=Nc2ccccc2C1.C1=Nc2ccccc2C1.CC.CC.CC.CC.CC.CC.CC.CC.CC.CC.c1cc2c(cn1)OCC2.c1ccc2ncccc2c1.c1ccc2ocnc2c1.c1cnc2c(c1)CCC2.c1cnc2c(c1)N=NC2.c1ncc2ccoc2n1.c1ncsn1. The van der Waals surface area contributed by atoms with Gasteiger partial charge in [0, 0.05) is 79.3 Å². The second-order valence-corrected chi connectivity index (χ2v) is 19.9. The zero-order chi connectivity index (χ0) is 79.2. The van der Waals surface area contributed by atoms with Crippen LogP contribution in [0.2, 0.25) is 0 Å². The molecule has 0 atom stereocenters. The summed E-state index contributed by atoms with van der Waals surface area (Å²) in [5.74, 6) is 0.956. The first-order chi connectivity index (χ1) is 53.2. The first-order valence-electron chi connectivity index (χ1n) is 38.4. The van der Waals surface area contributed by atoms with Gasteiger partial charge in [-0.1, -0.05) is 254 Å². The lowest BCUT2D eigenvalue weighted by molar-refractivity contribution is 0.355. The molecule has 0 radical (unpaired) electrons. The average Bonchev–Trinajstić information content (AvgIpc) is 1.69. The van der Waals surface area contributed by atoms with E-state index in [-0.39, 0.29) is 0 Å². The summed E-state index contributed by atoms with van der Waals surface area (Å²) in [7, 11) is 0. The number of aryl methyl sites for hydroxylation is 2. The maximum absolute atomic E-state index is 5.24. The summed E-state index contributed by atoms with van der Waals surface area (Å²) in [4.78, 5) is 40.1. The first-order valence-corrected chi connectivity index (χ1v) is 39.2. The van der Waals surface area contributed by atoms with E-state index in [0.717, 1.165) is 82.8 Å².